The van der Waals surface area contributed by atoms with Crippen molar-refractivity contribution in [2.75, 3.05) is 6.61 Å². The zero-order chi connectivity index (χ0) is 23.4. The number of rotatable bonds is 4. The van der Waals surface area contributed by atoms with Gasteiger partial charge < -0.3 is 14.3 Å². The molecule has 6 aromatic rings. The molecule has 0 saturated carbocycles. The van der Waals surface area contributed by atoms with E-state index in [4.69, 9.17) is 4.74 Å². The van der Waals surface area contributed by atoms with Gasteiger partial charge in [-0.3, -0.25) is 0 Å². The highest BCUT2D eigenvalue weighted by Crippen LogP contribution is 2.39. The van der Waals surface area contributed by atoms with Gasteiger partial charge in [-0.1, -0.05) is 66.7 Å². The van der Waals surface area contributed by atoms with Gasteiger partial charge in [0.25, 0.3) is 0 Å². The van der Waals surface area contributed by atoms with Crippen molar-refractivity contribution < 1.29 is 4.74 Å². The fourth-order valence-electron chi connectivity index (χ4n) is 5.40. The SMILES string of the molecule is C=CCC=C(/C=C1\COc2ccccc21)n1c2ccccc2c2cc3c(cc21)[nH]c1ccccc13. The van der Waals surface area contributed by atoms with E-state index in [1.54, 1.807) is 0 Å². The van der Waals surface area contributed by atoms with Crippen LogP contribution in [0.2, 0.25) is 0 Å². The minimum absolute atomic E-state index is 0.578. The Morgan fingerprint density at radius 2 is 1.63 bits per heavy atom. The summed E-state index contributed by atoms with van der Waals surface area (Å²) >= 11 is 0. The summed E-state index contributed by atoms with van der Waals surface area (Å²) in [5.41, 5.74) is 8.16. The smallest absolute Gasteiger partial charge is 0.127 e. The van der Waals surface area contributed by atoms with Crippen LogP contribution in [0.3, 0.4) is 0 Å². The van der Waals surface area contributed by atoms with Crippen LogP contribution in [0.15, 0.2) is 110 Å². The van der Waals surface area contributed by atoms with Crippen LogP contribution in [0.1, 0.15) is 12.0 Å². The van der Waals surface area contributed by atoms with E-state index in [1.807, 2.05) is 18.2 Å². The van der Waals surface area contributed by atoms with E-state index in [0.717, 1.165) is 34.5 Å². The number of fused-ring (bicyclic) bond motifs is 7. The number of allylic oxidation sites excluding steroid dienone is 4. The Balaban J connectivity index is 1.54. The minimum Gasteiger partial charge on any atom is -0.488 e. The summed E-state index contributed by atoms with van der Waals surface area (Å²) in [6.45, 7) is 4.54. The van der Waals surface area contributed by atoms with Gasteiger partial charge in [-0.15, -0.1) is 6.58 Å². The first-order valence-corrected chi connectivity index (χ1v) is 12.0. The standard InChI is InChI=1S/C32H24N2O/c1-2-3-10-22(17-21-20-35-32-16-9-6-11-23(21)32)34-30-15-8-5-13-25(30)27-18-26-24-12-4-7-14-28(24)33-29(26)19-31(27)34/h2,4-19,33H,1,3,20H2/b21-17+,22-10?. The maximum absolute atomic E-state index is 5.97. The third-order valence-corrected chi connectivity index (χ3v) is 6.99. The first-order chi connectivity index (χ1) is 17.3. The summed E-state index contributed by atoms with van der Waals surface area (Å²) in [6.07, 6.45) is 7.25. The van der Waals surface area contributed by atoms with Crippen molar-refractivity contribution in [1.82, 2.24) is 9.55 Å². The minimum atomic E-state index is 0.578. The number of benzene rings is 4. The molecule has 0 fully saturated rings. The van der Waals surface area contributed by atoms with Gasteiger partial charge in [-0.05, 0) is 42.8 Å². The van der Waals surface area contributed by atoms with Crippen LogP contribution >= 0.6 is 0 Å². The molecule has 0 radical (unpaired) electrons. The lowest BCUT2D eigenvalue weighted by atomic mass is 10.1. The Morgan fingerprint density at radius 1 is 0.829 bits per heavy atom. The fourth-order valence-corrected chi connectivity index (χ4v) is 5.40. The van der Waals surface area contributed by atoms with Gasteiger partial charge in [-0.2, -0.15) is 0 Å². The number of aromatic amines is 1. The van der Waals surface area contributed by atoms with Gasteiger partial charge in [0.05, 0.1) is 11.0 Å². The van der Waals surface area contributed by atoms with Crippen LogP contribution < -0.4 is 4.74 Å². The van der Waals surface area contributed by atoms with Crippen LogP contribution in [0, 0.1) is 0 Å². The zero-order valence-electron chi connectivity index (χ0n) is 19.3. The number of H-pyrrole nitrogens is 1. The van der Waals surface area contributed by atoms with Gasteiger partial charge in [0, 0.05) is 49.4 Å². The maximum Gasteiger partial charge on any atom is 0.127 e. The number of nitrogens with one attached hydrogen (secondary N) is 1. The Bertz CT molecular complexity index is 1840. The summed E-state index contributed by atoms with van der Waals surface area (Å²) in [4.78, 5) is 3.63. The lowest BCUT2D eigenvalue weighted by Crippen LogP contribution is -1.97. The van der Waals surface area contributed by atoms with E-state index in [0.29, 0.717) is 6.61 Å². The highest BCUT2D eigenvalue weighted by molar-refractivity contribution is 6.18. The summed E-state index contributed by atoms with van der Waals surface area (Å²) in [7, 11) is 0. The number of nitrogens with zero attached hydrogens (tertiary/aromatic N) is 1. The predicted octanol–water partition coefficient (Wildman–Crippen LogP) is 8.32. The van der Waals surface area contributed by atoms with Crippen molar-refractivity contribution >= 4 is 54.9 Å². The number of hydrogen-bond acceptors (Lipinski definition) is 1. The molecule has 0 bridgehead atoms. The van der Waals surface area contributed by atoms with Crippen molar-refractivity contribution in [1.29, 1.82) is 0 Å². The second kappa shape index (κ2) is 7.78. The van der Waals surface area contributed by atoms with E-state index in [-0.39, 0.29) is 0 Å². The highest BCUT2D eigenvalue weighted by atomic mass is 16.5. The molecular weight excluding hydrogens is 428 g/mol. The number of para-hydroxylation sites is 3. The summed E-state index contributed by atoms with van der Waals surface area (Å²) < 4.78 is 8.35. The molecular formula is C32H24N2O. The van der Waals surface area contributed by atoms with Crippen molar-refractivity contribution in [2.24, 2.45) is 0 Å². The van der Waals surface area contributed by atoms with Gasteiger partial charge in [-0.25, -0.2) is 0 Å². The second-order valence-electron chi connectivity index (χ2n) is 9.05. The molecule has 7 rings (SSSR count). The quantitative estimate of drug-likeness (QED) is 0.268. The molecule has 0 aliphatic carbocycles. The summed E-state index contributed by atoms with van der Waals surface area (Å²) in [6, 6.07) is 30.1. The maximum atomic E-state index is 5.97. The molecule has 1 aliphatic heterocycles. The molecule has 3 heteroatoms. The average Bonchev–Trinajstić information content (AvgIpc) is 3.57. The average molecular weight is 453 g/mol. The fraction of sp³-hybridized carbons (Fsp3) is 0.0625. The topological polar surface area (TPSA) is 29.9 Å². The van der Waals surface area contributed by atoms with Crippen LogP contribution in [0.5, 0.6) is 5.75 Å². The monoisotopic (exact) mass is 452 g/mol. The Hall–Kier alpha value is -4.50. The molecule has 0 spiro atoms. The lowest BCUT2D eigenvalue weighted by Gasteiger charge is -2.11. The molecule has 4 aromatic carbocycles. The lowest BCUT2D eigenvalue weighted by molar-refractivity contribution is 0.388. The van der Waals surface area contributed by atoms with Crippen LogP contribution in [0.4, 0.5) is 0 Å². The molecule has 3 nitrogen and oxygen atoms in total. The summed E-state index contributed by atoms with van der Waals surface area (Å²) in [5.74, 6) is 0.948. The van der Waals surface area contributed by atoms with E-state index in [9.17, 15) is 0 Å². The molecule has 1 aliphatic rings. The molecule has 3 heterocycles. The van der Waals surface area contributed by atoms with Crippen molar-refractivity contribution in [3.05, 3.63) is 115 Å². The predicted molar refractivity (Wildman–Crippen MR) is 148 cm³/mol. The molecule has 1 N–H and O–H groups in total. The third-order valence-electron chi connectivity index (χ3n) is 6.99. The highest BCUT2D eigenvalue weighted by Gasteiger charge is 2.20. The molecule has 2 aromatic heterocycles. The van der Waals surface area contributed by atoms with Gasteiger partial charge in [0.1, 0.15) is 12.4 Å². The first kappa shape index (κ1) is 19.9. The molecule has 168 valence electrons. The van der Waals surface area contributed by atoms with Crippen molar-refractivity contribution in [2.45, 2.75) is 6.42 Å². The van der Waals surface area contributed by atoms with E-state index < -0.39 is 0 Å². The molecule has 0 amide bonds. The Kier molecular flexibility index (Phi) is 4.43. The van der Waals surface area contributed by atoms with E-state index >= 15 is 0 Å². The van der Waals surface area contributed by atoms with Crippen molar-refractivity contribution in [3.63, 3.8) is 0 Å². The third kappa shape index (κ3) is 3.05. The van der Waals surface area contributed by atoms with Crippen LogP contribution in [-0.2, 0) is 0 Å². The normalized spacial score (nSPS) is 14.9. The molecule has 0 atom stereocenters. The second-order valence-corrected chi connectivity index (χ2v) is 9.05. The first-order valence-electron chi connectivity index (χ1n) is 12.0. The summed E-state index contributed by atoms with van der Waals surface area (Å²) in [5, 5.41) is 5.01. The number of ether oxygens (including phenoxy) is 1. The van der Waals surface area contributed by atoms with Crippen LogP contribution in [-0.4, -0.2) is 16.2 Å². The van der Waals surface area contributed by atoms with Gasteiger partial charge in [0.15, 0.2) is 0 Å². The Labute approximate surface area is 203 Å². The van der Waals surface area contributed by atoms with E-state index in [1.165, 1.54) is 38.2 Å². The zero-order valence-corrected chi connectivity index (χ0v) is 19.3. The number of hydrogen-bond donors (Lipinski definition) is 1. The van der Waals surface area contributed by atoms with Crippen LogP contribution in [0.25, 0.3) is 54.9 Å². The molecule has 0 unspecified atom stereocenters. The molecule has 35 heavy (non-hydrogen) atoms. The largest absolute Gasteiger partial charge is 0.488 e. The number of aromatic nitrogens is 2. The van der Waals surface area contributed by atoms with Gasteiger partial charge >= 0.3 is 0 Å². The van der Waals surface area contributed by atoms with Crippen molar-refractivity contribution in [3.8, 4) is 5.75 Å². The Morgan fingerprint density at radius 3 is 2.54 bits per heavy atom. The van der Waals surface area contributed by atoms with Gasteiger partial charge in [0.2, 0.25) is 0 Å². The van der Waals surface area contributed by atoms with E-state index in [2.05, 4.69) is 101 Å². The molecule has 0 saturated heterocycles.